The number of hydrogen-bond donors (Lipinski definition) is 2. The van der Waals surface area contributed by atoms with Crippen molar-refractivity contribution >= 4 is 5.78 Å². The number of hydrogen-bond acceptors (Lipinski definition) is 3. The van der Waals surface area contributed by atoms with Crippen LogP contribution in [0.1, 0.15) is 16.8 Å². The van der Waals surface area contributed by atoms with Crippen LogP contribution in [0.15, 0.2) is 36.8 Å². The number of aryl methyl sites for hydroxylation is 1. The number of H-pyrrole nitrogens is 1. The average molecular weight is 243 g/mol. The average Bonchev–Trinajstić information content (AvgIpc) is 2.85. The SMILES string of the molecule is Cc1ccc(CC(=O)[C@@H](N)Cc2c[nH]cn2)cc1. The third kappa shape index (κ3) is 3.28. The van der Waals surface area contributed by atoms with Gasteiger partial charge in [0.1, 0.15) is 0 Å². The van der Waals surface area contributed by atoms with Crippen molar-refractivity contribution < 1.29 is 4.79 Å². The van der Waals surface area contributed by atoms with Crippen molar-refractivity contribution in [2.45, 2.75) is 25.8 Å². The zero-order valence-corrected chi connectivity index (χ0v) is 10.4. The Kier molecular flexibility index (Phi) is 3.89. The van der Waals surface area contributed by atoms with Crippen molar-refractivity contribution in [1.82, 2.24) is 9.97 Å². The van der Waals surface area contributed by atoms with Crippen LogP contribution in [0.4, 0.5) is 0 Å². The van der Waals surface area contributed by atoms with E-state index in [-0.39, 0.29) is 5.78 Å². The molecule has 94 valence electrons. The standard InChI is InChI=1S/C14H17N3O/c1-10-2-4-11(5-3-10)6-14(18)13(15)7-12-8-16-9-17-12/h2-5,8-9,13H,6-7,15H2,1H3,(H,16,17)/t13-/m0/s1. The lowest BCUT2D eigenvalue weighted by Crippen LogP contribution is -2.34. The number of nitrogens with two attached hydrogens (primary N) is 1. The van der Waals surface area contributed by atoms with Gasteiger partial charge in [0.05, 0.1) is 18.1 Å². The molecule has 3 N–H and O–H groups in total. The first kappa shape index (κ1) is 12.5. The molecular weight excluding hydrogens is 226 g/mol. The number of aromatic amines is 1. The van der Waals surface area contributed by atoms with Crippen LogP contribution in [-0.4, -0.2) is 21.8 Å². The number of aromatic nitrogens is 2. The Morgan fingerprint density at radius 2 is 2.11 bits per heavy atom. The molecule has 2 rings (SSSR count). The van der Waals surface area contributed by atoms with Gasteiger partial charge in [-0.1, -0.05) is 29.8 Å². The fraction of sp³-hybridized carbons (Fsp3) is 0.286. The second-order valence-corrected chi connectivity index (χ2v) is 4.50. The molecule has 0 aliphatic rings. The summed E-state index contributed by atoms with van der Waals surface area (Å²) < 4.78 is 0. The van der Waals surface area contributed by atoms with Crippen LogP contribution >= 0.6 is 0 Å². The molecule has 0 spiro atoms. The van der Waals surface area contributed by atoms with Crippen LogP contribution in [-0.2, 0) is 17.6 Å². The predicted octanol–water partition coefficient (Wildman–Crippen LogP) is 1.40. The molecule has 0 aliphatic carbocycles. The number of ketones is 1. The Morgan fingerprint density at radius 3 is 2.72 bits per heavy atom. The van der Waals surface area contributed by atoms with E-state index in [4.69, 9.17) is 5.73 Å². The van der Waals surface area contributed by atoms with Crippen molar-refractivity contribution in [3.05, 3.63) is 53.6 Å². The van der Waals surface area contributed by atoms with E-state index in [1.807, 2.05) is 31.2 Å². The third-order valence-corrected chi connectivity index (χ3v) is 2.90. The zero-order valence-electron chi connectivity index (χ0n) is 10.4. The highest BCUT2D eigenvalue weighted by atomic mass is 16.1. The Labute approximate surface area is 106 Å². The van der Waals surface area contributed by atoms with Crippen LogP contribution in [0.5, 0.6) is 0 Å². The summed E-state index contributed by atoms with van der Waals surface area (Å²) in [6.45, 7) is 2.02. The van der Waals surface area contributed by atoms with Gasteiger partial charge in [-0.2, -0.15) is 0 Å². The van der Waals surface area contributed by atoms with Crippen LogP contribution in [0.2, 0.25) is 0 Å². The number of imidazole rings is 1. The summed E-state index contributed by atoms with van der Waals surface area (Å²) in [5, 5.41) is 0. The quantitative estimate of drug-likeness (QED) is 0.833. The zero-order chi connectivity index (χ0) is 13.0. The number of nitrogens with one attached hydrogen (secondary N) is 1. The maximum Gasteiger partial charge on any atom is 0.154 e. The fourth-order valence-corrected chi connectivity index (χ4v) is 1.78. The largest absolute Gasteiger partial charge is 0.351 e. The van der Waals surface area contributed by atoms with E-state index in [1.165, 1.54) is 5.56 Å². The molecule has 1 atom stereocenters. The monoisotopic (exact) mass is 243 g/mol. The van der Waals surface area contributed by atoms with Crippen LogP contribution in [0.3, 0.4) is 0 Å². The van der Waals surface area contributed by atoms with Crippen LogP contribution < -0.4 is 5.73 Å². The number of carbonyl (C=O) groups is 1. The highest BCUT2D eigenvalue weighted by molar-refractivity contribution is 5.86. The Morgan fingerprint density at radius 1 is 1.39 bits per heavy atom. The van der Waals surface area contributed by atoms with Crippen LogP contribution in [0.25, 0.3) is 0 Å². The third-order valence-electron chi connectivity index (χ3n) is 2.90. The minimum atomic E-state index is -0.491. The van der Waals surface area contributed by atoms with Gasteiger partial charge in [0.25, 0.3) is 0 Å². The number of benzene rings is 1. The van der Waals surface area contributed by atoms with Crippen molar-refractivity contribution in [1.29, 1.82) is 0 Å². The van der Waals surface area contributed by atoms with Gasteiger partial charge in [-0.05, 0) is 12.5 Å². The first-order chi connectivity index (χ1) is 8.65. The summed E-state index contributed by atoms with van der Waals surface area (Å²) in [5.41, 5.74) is 8.89. The van der Waals surface area contributed by atoms with Gasteiger partial charge in [0, 0.05) is 19.0 Å². The molecule has 1 aromatic carbocycles. The predicted molar refractivity (Wildman–Crippen MR) is 70.2 cm³/mol. The molecule has 1 heterocycles. The second-order valence-electron chi connectivity index (χ2n) is 4.50. The van der Waals surface area contributed by atoms with Crippen LogP contribution in [0, 0.1) is 6.92 Å². The second kappa shape index (κ2) is 5.60. The Hall–Kier alpha value is -1.94. The Balaban J connectivity index is 1.93. The lowest BCUT2D eigenvalue weighted by atomic mass is 10.0. The highest BCUT2D eigenvalue weighted by Crippen LogP contribution is 2.06. The van der Waals surface area contributed by atoms with Crippen molar-refractivity contribution in [2.24, 2.45) is 5.73 Å². The summed E-state index contributed by atoms with van der Waals surface area (Å²) in [4.78, 5) is 18.9. The Bertz CT molecular complexity index is 502. The van der Waals surface area contributed by atoms with E-state index >= 15 is 0 Å². The smallest absolute Gasteiger partial charge is 0.154 e. The van der Waals surface area contributed by atoms with Gasteiger partial charge in [-0.25, -0.2) is 4.98 Å². The molecule has 0 fully saturated rings. The normalized spacial score (nSPS) is 12.3. The van der Waals surface area contributed by atoms with Gasteiger partial charge < -0.3 is 10.7 Å². The summed E-state index contributed by atoms with van der Waals surface area (Å²) in [7, 11) is 0. The molecule has 0 unspecified atom stereocenters. The molecule has 0 saturated heterocycles. The summed E-state index contributed by atoms with van der Waals surface area (Å²) in [6, 6.07) is 7.45. The van der Waals surface area contributed by atoms with E-state index in [2.05, 4.69) is 9.97 Å². The van der Waals surface area contributed by atoms with E-state index in [0.717, 1.165) is 11.3 Å². The molecule has 18 heavy (non-hydrogen) atoms. The first-order valence-corrected chi connectivity index (χ1v) is 5.96. The van der Waals surface area contributed by atoms with E-state index in [9.17, 15) is 4.79 Å². The number of nitrogens with zero attached hydrogens (tertiary/aromatic N) is 1. The minimum absolute atomic E-state index is 0.0434. The van der Waals surface area contributed by atoms with Crippen molar-refractivity contribution in [3.8, 4) is 0 Å². The lowest BCUT2D eigenvalue weighted by Gasteiger charge is -2.09. The molecule has 0 radical (unpaired) electrons. The maximum atomic E-state index is 12.0. The van der Waals surface area contributed by atoms with Gasteiger partial charge in [0.2, 0.25) is 0 Å². The first-order valence-electron chi connectivity index (χ1n) is 5.96. The fourth-order valence-electron chi connectivity index (χ4n) is 1.78. The van der Waals surface area contributed by atoms with Gasteiger partial charge >= 0.3 is 0 Å². The topological polar surface area (TPSA) is 71.8 Å². The minimum Gasteiger partial charge on any atom is -0.351 e. The molecule has 2 aromatic rings. The number of rotatable bonds is 5. The van der Waals surface area contributed by atoms with Gasteiger partial charge in [-0.15, -0.1) is 0 Å². The maximum absolute atomic E-state index is 12.0. The summed E-state index contributed by atoms with van der Waals surface area (Å²) in [6.07, 6.45) is 4.21. The number of Topliss-reactive ketones (excluding diaryl/α,β-unsaturated/α-hetero) is 1. The van der Waals surface area contributed by atoms with E-state index in [0.29, 0.717) is 12.8 Å². The summed E-state index contributed by atoms with van der Waals surface area (Å²) >= 11 is 0. The van der Waals surface area contributed by atoms with Crippen molar-refractivity contribution in [2.75, 3.05) is 0 Å². The molecule has 0 aliphatic heterocycles. The molecule has 4 nitrogen and oxygen atoms in total. The molecule has 0 saturated carbocycles. The van der Waals surface area contributed by atoms with E-state index in [1.54, 1.807) is 12.5 Å². The van der Waals surface area contributed by atoms with E-state index < -0.39 is 6.04 Å². The molecule has 4 heteroatoms. The number of carbonyl (C=O) groups excluding carboxylic acids is 1. The lowest BCUT2D eigenvalue weighted by molar-refractivity contribution is -0.119. The van der Waals surface area contributed by atoms with Gasteiger partial charge in [-0.3, -0.25) is 4.79 Å². The summed E-state index contributed by atoms with van der Waals surface area (Å²) in [5.74, 6) is 0.0434. The molecule has 1 aromatic heterocycles. The highest BCUT2D eigenvalue weighted by Gasteiger charge is 2.15. The molecule has 0 bridgehead atoms. The van der Waals surface area contributed by atoms with Gasteiger partial charge in [0.15, 0.2) is 5.78 Å². The molecular formula is C14H17N3O. The van der Waals surface area contributed by atoms with Crippen molar-refractivity contribution in [3.63, 3.8) is 0 Å². The molecule has 0 amide bonds.